The second-order valence-corrected chi connectivity index (χ2v) is 5.49. The van der Waals surface area contributed by atoms with Crippen LogP contribution < -0.4 is 5.73 Å². The molecule has 1 aliphatic heterocycles. The van der Waals surface area contributed by atoms with Gasteiger partial charge in [-0.15, -0.1) is 11.3 Å². The van der Waals surface area contributed by atoms with Crippen molar-refractivity contribution in [3.8, 4) is 0 Å². The molecule has 17 heavy (non-hydrogen) atoms. The number of aromatic nitrogens is 2. The van der Waals surface area contributed by atoms with E-state index in [1.807, 2.05) is 18.5 Å². The Bertz CT molecular complexity index is 486. The van der Waals surface area contributed by atoms with Crippen LogP contribution in [0.15, 0.2) is 18.5 Å². The molecule has 0 aromatic carbocycles. The number of fused-ring (bicyclic) bond motifs is 1. The molecular weight excluding hydrogens is 234 g/mol. The first-order chi connectivity index (χ1) is 8.34. The lowest BCUT2D eigenvalue weighted by Gasteiger charge is -2.34. The van der Waals surface area contributed by atoms with Gasteiger partial charge in [-0.25, -0.2) is 4.98 Å². The van der Waals surface area contributed by atoms with E-state index < -0.39 is 0 Å². The molecule has 1 saturated heterocycles. The Morgan fingerprint density at radius 3 is 2.94 bits per heavy atom. The predicted molar refractivity (Wildman–Crippen MR) is 68.2 cm³/mol. The second-order valence-electron chi connectivity index (χ2n) is 4.46. The summed E-state index contributed by atoms with van der Waals surface area (Å²) in [5.74, 6) is 0. The molecule has 0 radical (unpaired) electrons. The number of thiazole rings is 1. The van der Waals surface area contributed by atoms with Crippen LogP contribution in [0.3, 0.4) is 0 Å². The van der Waals surface area contributed by atoms with Crippen molar-refractivity contribution in [2.45, 2.75) is 18.3 Å². The number of nitrogens with two attached hydrogens (primary N) is 1. The lowest BCUT2D eigenvalue weighted by Crippen LogP contribution is -2.40. The lowest BCUT2D eigenvalue weighted by molar-refractivity contribution is 0.0529. The van der Waals surface area contributed by atoms with Gasteiger partial charge in [0.15, 0.2) is 0 Å². The summed E-state index contributed by atoms with van der Waals surface area (Å²) in [6.07, 6.45) is 5.57. The molecule has 2 aromatic rings. The quantitative estimate of drug-likeness (QED) is 0.880. The third-order valence-electron chi connectivity index (χ3n) is 3.48. The first-order valence-electron chi connectivity index (χ1n) is 5.83. The highest BCUT2D eigenvalue weighted by Crippen LogP contribution is 2.37. The van der Waals surface area contributed by atoms with E-state index >= 15 is 0 Å². The second kappa shape index (κ2) is 4.33. The molecular formula is C12H15N3OS. The van der Waals surface area contributed by atoms with E-state index in [2.05, 4.69) is 4.98 Å². The summed E-state index contributed by atoms with van der Waals surface area (Å²) in [4.78, 5) is 8.81. The van der Waals surface area contributed by atoms with Gasteiger partial charge in [-0.3, -0.25) is 4.98 Å². The minimum Gasteiger partial charge on any atom is -0.381 e. The maximum atomic E-state index is 5.99. The van der Waals surface area contributed by atoms with Gasteiger partial charge in [-0.05, 0) is 18.9 Å². The summed E-state index contributed by atoms with van der Waals surface area (Å²) < 4.78 is 6.62. The van der Waals surface area contributed by atoms with E-state index in [-0.39, 0.29) is 5.41 Å². The molecule has 0 atom stereocenters. The number of ether oxygens (including phenoxy) is 1. The topological polar surface area (TPSA) is 61.0 Å². The predicted octanol–water partition coefficient (Wildman–Crippen LogP) is 1.70. The van der Waals surface area contributed by atoms with Crippen LogP contribution in [0.5, 0.6) is 0 Å². The van der Waals surface area contributed by atoms with Gasteiger partial charge in [0.1, 0.15) is 5.01 Å². The molecule has 0 amide bonds. The Morgan fingerprint density at radius 2 is 2.24 bits per heavy atom. The fourth-order valence-electron chi connectivity index (χ4n) is 2.27. The summed E-state index contributed by atoms with van der Waals surface area (Å²) in [5, 5.41) is 1.14. The van der Waals surface area contributed by atoms with Crippen molar-refractivity contribution >= 4 is 21.6 Å². The van der Waals surface area contributed by atoms with Crippen molar-refractivity contribution in [3.63, 3.8) is 0 Å². The van der Waals surface area contributed by atoms with Crippen LogP contribution in [0, 0.1) is 0 Å². The zero-order valence-corrected chi connectivity index (χ0v) is 10.4. The highest BCUT2D eigenvalue weighted by molar-refractivity contribution is 7.18. The molecule has 90 valence electrons. The molecule has 0 spiro atoms. The van der Waals surface area contributed by atoms with Crippen molar-refractivity contribution in [3.05, 3.63) is 23.5 Å². The number of nitrogens with zero attached hydrogens (tertiary/aromatic N) is 2. The zero-order valence-electron chi connectivity index (χ0n) is 9.56. The van der Waals surface area contributed by atoms with E-state index in [1.165, 1.54) is 4.70 Å². The molecule has 3 heterocycles. The van der Waals surface area contributed by atoms with Gasteiger partial charge in [0, 0.05) is 31.4 Å². The Hall–Kier alpha value is -1.04. The van der Waals surface area contributed by atoms with Crippen molar-refractivity contribution < 1.29 is 4.74 Å². The van der Waals surface area contributed by atoms with Gasteiger partial charge < -0.3 is 10.5 Å². The molecule has 0 unspecified atom stereocenters. The zero-order chi connectivity index (χ0) is 11.7. The van der Waals surface area contributed by atoms with Crippen LogP contribution in [0.1, 0.15) is 17.8 Å². The maximum absolute atomic E-state index is 5.99. The number of pyridine rings is 1. The fraction of sp³-hybridized carbons (Fsp3) is 0.500. The summed E-state index contributed by atoms with van der Waals surface area (Å²) in [5.41, 5.74) is 6.98. The SMILES string of the molecule is NCC1(c2nc3cnccc3s2)CCOCC1. The van der Waals surface area contributed by atoms with Gasteiger partial charge in [-0.1, -0.05) is 0 Å². The highest BCUT2D eigenvalue weighted by Gasteiger charge is 2.36. The Kier molecular flexibility index (Phi) is 2.82. The summed E-state index contributed by atoms with van der Waals surface area (Å²) in [7, 11) is 0. The minimum absolute atomic E-state index is 0.0158. The molecule has 3 rings (SSSR count). The molecule has 0 bridgehead atoms. The molecule has 0 aliphatic carbocycles. The van der Waals surface area contributed by atoms with Crippen molar-refractivity contribution in [2.75, 3.05) is 19.8 Å². The summed E-state index contributed by atoms with van der Waals surface area (Å²) in [6, 6.07) is 2.01. The first kappa shape index (κ1) is 11.1. The van der Waals surface area contributed by atoms with Crippen molar-refractivity contribution in [1.82, 2.24) is 9.97 Å². The van der Waals surface area contributed by atoms with E-state index in [9.17, 15) is 0 Å². The molecule has 2 N–H and O–H groups in total. The number of rotatable bonds is 2. The minimum atomic E-state index is 0.0158. The van der Waals surface area contributed by atoms with Crippen LogP contribution in [-0.4, -0.2) is 29.7 Å². The van der Waals surface area contributed by atoms with Gasteiger partial charge in [0.05, 0.1) is 16.4 Å². The van der Waals surface area contributed by atoms with E-state index in [4.69, 9.17) is 15.5 Å². The molecule has 5 heteroatoms. The lowest BCUT2D eigenvalue weighted by atomic mass is 9.81. The number of hydrogen-bond donors (Lipinski definition) is 1. The maximum Gasteiger partial charge on any atom is 0.101 e. The van der Waals surface area contributed by atoms with Gasteiger partial charge >= 0.3 is 0 Å². The van der Waals surface area contributed by atoms with Crippen molar-refractivity contribution in [1.29, 1.82) is 0 Å². The van der Waals surface area contributed by atoms with E-state index in [0.717, 1.165) is 36.6 Å². The average molecular weight is 249 g/mol. The summed E-state index contributed by atoms with van der Waals surface area (Å²) >= 11 is 1.74. The van der Waals surface area contributed by atoms with Crippen molar-refractivity contribution in [2.24, 2.45) is 5.73 Å². The molecule has 4 nitrogen and oxygen atoms in total. The van der Waals surface area contributed by atoms with Gasteiger partial charge in [0.25, 0.3) is 0 Å². The van der Waals surface area contributed by atoms with E-state index in [0.29, 0.717) is 6.54 Å². The standard InChI is InChI=1S/C12H15N3OS/c13-8-12(2-5-16-6-3-12)11-15-9-7-14-4-1-10(9)17-11/h1,4,7H,2-3,5-6,8,13H2. The van der Waals surface area contributed by atoms with Crippen LogP contribution in [0.25, 0.3) is 10.2 Å². The molecule has 1 fully saturated rings. The first-order valence-corrected chi connectivity index (χ1v) is 6.65. The largest absolute Gasteiger partial charge is 0.381 e. The molecule has 1 aliphatic rings. The Morgan fingerprint density at radius 1 is 1.41 bits per heavy atom. The average Bonchev–Trinajstić information content (AvgIpc) is 2.84. The fourth-order valence-corrected chi connectivity index (χ4v) is 3.46. The number of hydrogen-bond acceptors (Lipinski definition) is 5. The highest BCUT2D eigenvalue weighted by atomic mass is 32.1. The van der Waals surface area contributed by atoms with Crippen LogP contribution in [0.4, 0.5) is 0 Å². The monoisotopic (exact) mass is 249 g/mol. The third-order valence-corrected chi connectivity index (χ3v) is 4.77. The molecule has 2 aromatic heterocycles. The van der Waals surface area contributed by atoms with Crippen LogP contribution >= 0.6 is 11.3 Å². The normalized spacial score (nSPS) is 19.6. The third kappa shape index (κ3) is 1.84. The van der Waals surface area contributed by atoms with Crippen LogP contribution in [0.2, 0.25) is 0 Å². The summed E-state index contributed by atoms with van der Waals surface area (Å²) in [6.45, 7) is 2.21. The van der Waals surface area contributed by atoms with Gasteiger partial charge in [-0.2, -0.15) is 0 Å². The Balaban J connectivity index is 2.05. The van der Waals surface area contributed by atoms with Gasteiger partial charge in [0.2, 0.25) is 0 Å². The van der Waals surface area contributed by atoms with Crippen LogP contribution in [-0.2, 0) is 10.2 Å². The Labute approximate surface area is 104 Å². The smallest absolute Gasteiger partial charge is 0.101 e. The molecule has 0 saturated carbocycles. The van der Waals surface area contributed by atoms with E-state index in [1.54, 1.807) is 11.3 Å².